The number of hydrogen-bond donors (Lipinski definition) is 2. The second kappa shape index (κ2) is 9.08. The van der Waals surface area contributed by atoms with E-state index < -0.39 is 0 Å². The molecule has 0 aliphatic carbocycles. The van der Waals surface area contributed by atoms with Crippen molar-refractivity contribution in [2.24, 2.45) is 0 Å². The van der Waals surface area contributed by atoms with Gasteiger partial charge in [0, 0.05) is 18.2 Å². The van der Waals surface area contributed by atoms with Gasteiger partial charge in [-0.3, -0.25) is 10.0 Å². The van der Waals surface area contributed by atoms with Gasteiger partial charge in [-0.1, -0.05) is 30.7 Å². The Morgan fingerprint density at radius 2 is 2.08 bits per heavy atom. The number of unbranched alkanes of at least 4 members (excludes halogenated alkanes) is 2. The fourth-order valence-electron chi connectivity index (χ4n) is 2.62. The van der Waals surface area contributed by atoms with Gasteiger partial charge in [-0.2, -0.15) is 0 Å². The molecule has 0 aliphatic heterocycles. The van der Waals surface area contributed by atoms with E-state index in [1.54, 1.807) is 5.48 Å². The first-order chi connectivity index (χ1) is 11.6. The molecule has 0 radical (unpaired) electrons. The summed E-state index contributed by atoms with van der Waals surface area (Å²) in [5.74, 6) is 0.649. The Hall–Kier alpha value is -2.33. The van der Waals surface area contributed by atoms with Crippen LogP contribution in [-0.4, -0.2) is 11.1 Å². The van der Waals surface area contributed by atoms with Gasteiger partial charge in [0.25, 0.3) is 0 Å². The van der Waals surface area contributed by atoms with Gasteiger partial charge in [-0.05, 0) is 56.0 Å². The highest BCUT2D eigenvalue weighted by atomic mass is 16.5. The molecule has 24 heavy (non-hydrogen) atoms. The minimum Gasteiger partial charge on any atom is -0.461 e. The van der Waals surface area contributed by atoms with E-state index in [4.69, 9.17) is 9.62 Å². The van der Waals surface area contributed by atoms with Crippen molar-refractivity contribution in [2.45, 2.75) is 46.0 Å². The smallest absolute Gasteiger partial charge is 0.243 e. The van der Waals surface area contributed by atoms with Crippen LogP contribution in [-0.2, 0) is 11.2 Å². The van der Waals surface area contributed by atoms with E-state index in [1.807, 2.05) is 25.1 Å². The third kappa shape index (κ3) is 5.10. The lowest BCUT2D eigenvalue weighted by Gasteiger charge is -2.00. The maximum atomic E-state index is 10.9. The SMILES string of the molecule is C/C=C\C=C(/C)c1ccc2oc(CCCCCC(=O)NO)cc2c1. The Morgan fingerprint density at radius 1 is 1.25 bits per heavy atom. The molecule has 0 bridgehead atoms. The van der Waals surface area contributed by atoms with Gasteiger partial charge >= 0.3 is 0 Å². The molecule has 1 amide bonds. The highest BCUT2D eigenvalue weighted by Crippen LogP contribution is 2.25. The minimum atomic E-state index is -0.326. The van der Waals surface area contributed by atoms with Crippen LogP contribution in [0.2, 0.25) is 0 Å². The van der Waals surface area contributed by atoms with Crippen LogP contribution in [0.5, 0.6) is 0 Å². The molecule has 0 spiro atoms. The van der Waals surface area contributed by atoms with Crippen LogP contribution in [0.25, 0.3) is 16.5 Å². The third-order valence-electron chi connectivity index (χ3n) is 4.01. The summed E-state index contributed by atoms with van der Waals surface area (Å²) < 4.78 is 5.88. The first-order valence-corrected chi connectivity index (χ1v) is 8.39. The number of benzene rings is 1. The molecule has 1 aromatic carbocycles. The fraction of sp³-hybridized carbons (Fsp3) is 0.350. The molecule has 1 heterocycles. The lowest BCUT2D eigenvalue weighted by atomic mass is 10.0. The summed E-state index contributed by atoms with van der Waals surface area (Å²) >= 11 is 0. The Balaban J connectivity index is 1.95. The molecule has 2 rings (SSSR count). The van der Waals surface area contributed by atoms with Gasteiger partial charge in [0.15, 0.2) is 0 Å². The Morgan fingerprint density at radius 3 is 2.83 bits per heavy atom. The lowest BCUT2D eigenvalue weighted by molar-refractivity contribution is -0.129. The molecule has 4 nitrogen and oxygen atoms in total. The summed E-state index contributed by atoms with van der Waals surface area (Å²) in [6, 6.07) is 8.36. The van der Waals surface area contributed by atoms with Crippen molar-refractivity contribution in [1.29, 1.82) is 0 Å². The van der Waals surface area contributed by atoms with Crippen molar-refractivity contribution in [1.82, 2.24) is 5.48 Å². The van der Waals surface area contributed by atoms with Gasteiger partial charge in [0.05, 0.1) is 0 Å². The average Bonchev–Trinajstić information content (AvgIpc) is 3.00. The number of hydroxylamine groups is 1. The monoisotopic (exact) mass is 327 g/mol. The van der Waals surface area contributed by atoms with E-state index in [0.29, 0.717) is 6.42 Å². The number of hydrogen-bond acceptors (Lipinski definition) is 3. The average molecular weight is 327 g/mol. The van der Waals surface area contributed by atoms with Crippen LogP contribution in [0.15, 0.2) is 46.9 Å². The maximum absolute atomic E-state index is 10.9. The van der Waals surface area contributed by atoms with E-state index in [2.05, 4.69) is 31.2 Å². The molecule has 0 saturated carbocycles. The molecule has 2 N–H and O–H groups in total. The minimum absolute atomic E-state index is 0.326. The molecular weight excluding hydrogens is 302 g/mol. The van der Waals surface area contributed by atoms with Crippen molar-refractivity contribution >= 4 is 22.4 Å². The number of carbonyl (C=O) groups excluding carboxylic acids is 1. The van der Waals surface area contributed by atoms with Crippen molar-refractivity contribution in [3.63, 3.8) is 0 Å². The highest BCUT2D eigenvalue weighted by molar-refractivity contribution is 5.83. The second-order valence-corrected chi connectivity index (χ2v) is 5.94. The van der Waals surface area contributed by atoms with Crippen LogP contribution < -0.4 is 5.48 Å². The van der Waals surface area contributed by atoms with Gasteiger partial charge in [0.2, 0.25) is 5.91 Å². The zero-order valence-electron chi connectivity index (χ0n) is 14.3. The molecule has 0 fully saturated rings. The van der Waals surface area contributed by atoms with Crippen molar-refractivity contribution < 1.29 is 14.4 Å². The van der Waals surface area contributed by atoms with E-state index in [-0.39, 0.29) is 5.91 Å². The molecule has 4 heteroatoms. The Kier molecular flexibility index (Phi) is 6.82. The van der Waals surface area contributed by atoms with Gasteiger partial charge in [0.1, 0.15) is 11.3 Å². The summed E-state index contributed by atoms with van der Waals surface area (Å²) in [5.41, 5.74) is 4.98. The molecule has 0 unspecified atom stereocenters. The summed E-state index contributed by atoms with van der Waals surface area (Å²) in [6.45, 7) is 4.11. The highest BCUT2D eigenvalue weighted by Gasteiger charge is 2.06. The fourth-order valence-corrected chi connectivity index (χ4v) is 2.62. The number of carbonyl (C=O) groups is 1. The molecule has 0 saturated heterocycles. The predicted octanol–water partition coefficient (Wildman–Crippen LogP) is 5.02. The molecule has 2 aromatic rings. The van der Waals surface area contributed by atoms with Crippen LogP contribution in [0, 0.1) is 0 Å². The Labute approximate surface area is 142 Å². The number of nitrogens with one attached hydrogen (secondary N) is 1. The van der Waals surface area contributed by atoms with E-state index in [9.17, 15) is 4.79 Å². The second-order valence-electron chi connectivity index (χ2n) is 5.94. The van der Waals surface area contributed by atoms with Crippen LogP contribution in [0.1, 0.15) is 50.9 Å². The number of allylic oxidation sites excluding steroid dienone is 4. The summed E-state index contributed by atoms with van der Waals surface area (Å²) in [4.78, 5) is 10.9. The van der Waals surface area contributed by atoms with Gasteiger partial charge in [-0.25, -0.2) is 5.48 Å². The summed E-state index contributed by atoms with van der Waals surface area (Å²) in [7, 11) is 0. The van der Waals surface area contributed by atoms with E-state index in [1.165, 1.54) is 11.1 Å². The normalized spacial score (nSPS) is 12.2. The Bertz CT molecular complexity index is 740. The maximum Gasteiger partial charge on any atom is 0.243 e. The standard InChI is InChI=1S/C20H25NO3/c1-3-4-8-15(2)16-11-12-19-17(13-16)14-18(24-19)9-6-5-7-10-20(22)21-23/h3-4,8,11-14,23H,5-7,9-10H2,1-2H3,(H,21,22)/b4-3-,15-8+. The summed E-state index contributed by atoms with van der Waals surface area (Å²) in [5, 5.41) is 9.56. The van der Waals surface area contributed by atoms with Crippen molar-refractivity contribution in [3.05, 3.63) is 53.8 Å². The van der Waals surface area contributed by atoms with Gasteiger partial charge < -0.3 is 4.42 Å². The molecule has 0 aliphatic rings. The number of furan rings is 1. The first-order valence-electron chi connectivity index (χ1n) is 8.39. The first kappa shape index (κ1) is 18.0. The van der Waals surface area contributed by atoms with Crippen LogP contribution >= 0.6 is 0 Å². The third-order valence-corrected chi connectivity index (χ3v) is 4.01. The lowest BCUT2D eigenvalue weighted by Crippen LogP contribution is -2.17. The van der Waals surface area contributed by atoms with Crippen LogP contribution in [0.4, 0.5) is 0 Å². The van der Waals surface area contributed by atoms with Crippen molar-refractivity contribution in [3.8, 4) is 0 Å². The van der Waals surface area contributed by atoms with Crippen LogP contribution in [0.3, 0.4) is 0 Å². The van der Waals surface area contributed by atoms with E-state index in [0.717, 1.165) is 42.4 Å². The molecular formula is C20H25NO3. The van der Waals surface area contributed by atoms with Gasteiger partial charge in [-0.15, -0.1) is 0 Å². The number of rotatable bonds is 8. The zero-order chi connectivity index (χ0) is 17.4. The van der Waals surface area contributed by atoms with Crippen molar-refractivity contribution in [2.75, 3.05) is 0 Å². The quantitative estimate of drug-likeness (QED) is 0.310. The predicted molar refractivity (Wildman–Crippen MR) is 96.8 cm³/mol. The molecule has 1 aromatic heterocycles. The largest absolute Gasteiger partial charge is 0.461 e. The zero-order valence-corrected chi connectivity index (χ0v) is 14.3. The molecule has 0 atom stereocenters. The molecule has 128 valence electrons. The summed E-state index contributed by atoms with van der Waals surface area (Å²) in [6.07, 6.45) is 10.0. The topological polar surface area (TPSA) is 62.5 Å². The number of fused-ring (bicyclic) bond motifs is 1. The number of amides is 1. The number of aryl methyl sites for hydroxylation is 1. The van der Waals surface area contributed by atoms with E-state index >= 15 is 0 Å².